The Kier molecular flexibility index (Phi) is 1.93. The molecular formula is C8H7N3O4. The molecule has 0 spiro atoms. The molecule has 0 bridgehead atoms. The Hall–Kier alpha value is -2.31. The van der Waals surface area contributed by atoms with Crippen molar-refractivity contribution >= 4 is 16.7 Å². The Morgan fingerprint density at radius 1 is 1.33 bits per heavy atom. The van der Waals surface area contributed by atoms with Crippen LogP contribution < -0.4 is 10.4 Å². The number of nitrogens with zero attached hydrogens (tertiary/aromatic N) is 1. The van der Waals surface area contributed by atoms with Crippen molar-refractivity contribution in [1.29, 1.82) is 0 Å². The van der Waals surface area contributed by atoms with Gasteiger partial charge < -0.3 is 14.7 Å². The van der Waals surface area contributed by atoms with Gasteiger partial charge in [0, 0.05) is 12.1 Å². The third-order valence-electron chi connectivity index (χ3n) is 2.01. The zero-order valence-electron chi connectivity index (χ0n) is 7.73. The van der Waals surface area contributed by atoms with E-state index in [4.69, 9.17) is 4.74 Å². The molecule has 0 aliphatic rings. The minimum atomic E-state index is -0.566. The largest absolute Gasteiger partial charge is 0.490 e. The lowest BCUT2D eigenvalue weighted by molar-refractivity contribution is -0.385. The summed E-state index contributed by atoms with van der Waals surface area (Å²) in [7, 11) is 1.33. The van der Waals surface area contributed by atoms with Gasteiger partial charge in [-0.05, 0) is 0 Å². The molecular weight excluding hydrogens is 202 g/mol. The van der Waals surface area contributed by atoms with Gasteiger partial charge in [0.2, 0.25) is 0 Å². The minimum Gasteiger partial charge on any atom is -0.490 e. The molecule has 0 saturated carbocycles. The highest BCUT2D eigenvalue weighted by molar-refractivity contribution is 5.80. The Balaban J connectivity index is 2.79. The molecule has 0 amide bonds. The van der Waals surface area contributed by atoms with E-state index >= 15 is 0 Å². The third kappa shape index (κ3) is 1.43. The molecule has 2 N–H and O–H groups in total. The number of ether oxygens (including phenoxy) is 1. The first-order valence-electron chi connectivity index (χ1n) is 4.06. The van der Waals surface area contributed by atoms with Crippen LogP contribution in [0.4, 0.5) is 5.69 Å². The number of imidazole rings is 1. The van der Waals surface area contributed by atoms with Crippen LogP contribution in [0.2, 0.25) is 0 Å². The molecule has 78 valence electrons. The number of rotatable bonds is 2. The summed E-state index contributed by atoms with van der Waals surface area (Å²) in [5.41, 5.74) is 0.266. The monoisotopic (exact) mass is 209 g/mol. The summed E-state index contributed by atoms with van der Waals surface area (Å²) in [6.45, 7) is 0. The van der Waals surface area contributed by atoms with Crippen LogP contribution in [0.15, 0.2) is 16.9 Å². The van der Waals surface area contributed by atoms with Crippen molar-refractivity contribution in [3.05, 3.63) is 32.7 Å². The summed E-state index contributed by atoms with van der Waals surface area (Å²) in [4.78, 5) is 26.0. The summed E-state index contributed by atoms with van der Waals surface area (Å²) in [6.07, 6.45) is 0. The summed E-state index contributed by atoms with van der Waals surface area (Å²) in [5.74, 6) is 0.114. The third-order valence-corrected chi connectivity index (χ3v) is 2.01. The van der Waals surface area contributed by atoms with Gasteiger partial charge in [0.25, 0.3) is 0 Å². The lowest BCUT2D eigenvalue weighted by Gasteiger charge is -2.00. The molecule has 1 aromatic carbocycles. The minimum absolute atomic E-state index is 0.114. The van der Waals surface area contributed by atoms with Crippen LogP contribution in [0.1, 0.15) is 0 Å². The van der Waals surface area contributed by atoms with E-state index in [1.807, 2.05) is 0 Å². The van der Waals surface area contributed by atoms with E-state index in [9.17, 15) is 14.9 Å². The topological polar surface area (TPSA) is 101 Å². The SMILES string of the molecule is COc1cc2[nH]c(=O)[nH]c2cc1[N+](=O)[O-]. The molecule has 0 aliphatic heterocycles. The average molecular weight is 209 g/mol. The second kappa shape index (κ2) is 3.12. The second-order valence-electron chi connectivity index (χ2n) is 2.91. The van der Waals surface area contributed by atoms with Gasteiger partial charge in [-0.1, -0.05) is 0 Å². The average Bonchev–Trinajstić information content (AvgIpc) is 2.54. The van der Waals surface area contributed by atoms with Gasteiger partial charge in [-0.2, -0.15) is 0 Å². The van der Waals surface area contributed by atoms with Gasteiger partial charge in [0.15, 0.2) is 5.75 Å². The van der Waals surface area contributed by atoms with Gasteiger partial charge in [0.05, 0.1) is 23.1 Å². The first-order valence-corrected chi connectivity index (χ1v) is 4.06. The molecule has 15 heavy (non-hydrogen) atoms. The highest BCUT2D eigenvalue weighted by Gasteiger charge is 2.16. The smallest absolute Gasteiger partial charge is 0.323 e. The predicted molar refractivity (Wildman–Crippen MR) is 52.1 cm³/mol. The lowest BCUT2D eigenvalue weighted by atomic mass is 10.2. The number of nitro benzene ring substituents is 1. The predicted octanol–water partition coefficient (Wildman–Crippen LogP) is 0.773. The fourth-order valence-corrected chi connectivity index (χ4v) is 1.36. The summed E-state index contributed by atoms with van der Waals surface area (Å²) >= 11 is 0. The van der Waals surface area contributed by atoms with Crippen LogP contribution >= 0.6 is 0 Å². The van der Waals surface area contributed by atoms with E-state index in [0.29, 0.717) is 11.0 Å². The van der Waals surface area contributed by atoms with Gasteiger partial charge in [-0.3, -0.25) is 10.1 Å². The number of aromatic nitrogens is 2. The maximum Gasteiger partial charge on any atom is 0.323 e. The molecule has 0 fully saturated rings. The fraction of sp³-hybridized carbons (Fsp3) is 0.125. The van der Waals surface area contributed by atoms with Crippen molar-refractivity contribution in [2.24, 2.45) is 0 Å². The first-order chi connectivity index (χ1) is 7.11. The van der Waals surface area contributed by atoms with E-state index < -0.39 is 10.6 Å². The van der Waals surface area contributed by atoms with Gasteiger partial charge in [0.1, 0.15) is 0 Å². The van der Waals surface area contributed by atoms with Crippen LogP contribution in [0.25, 0.3) is 11.0 Å². The number of benzene rings is 1. The molecule has 2 rings (SSSR count). The van der Waals surface area contributed by atoms with Crippen molar-refractivity contribution in [2.45, 2.75) is 0 Å². The number of H-pyrrole nitrogens is 2. The quantitative estimate of drug-likeness (QED) is 0.563. The summed E-state index contributed by atoms with van der Waals surface area (Å²) in [6, 6.07) is 2.66. The number of aromatic amines is 2. The fourth-order valence-electron chi connectivity index (χ4n) is 1.36. The van der Waals surface area contributed by atoms with Crippen molar-refractivity contribution < 1.29 is 9.66 Å². The Morgan fingerprint density at radius 3 is 2.47 bits per heavy atom. The van der Waals surface area contributed by atoms with Crippen molar-refractivity contribution in [3.8, 4) is 5.75 Å². The Labute approximate surface area is 82.8 Å². The maximum atomic E-state index is 10.9. The van der Waals surface area contributed by atoms with Crippen molar-refractivity contribution in [3.63, 3.8) is 0 Å². The molecule has 0 radical (unpaired) electrons. The lowest BCUT2D eigenvalue weighted by Crippen LogP contribution is -1.99. The van der Waals surface area contributed by atoms with E-state index in [1.165, 1.54) is 19.2 Å². The van der Waals surface area contributed by atoms with Crippen LogP contribution in [0, 0.1) is 10.1 Å². The first kappa shape index (κ1) is 9.25. The highest BCUT2D eigenvalue weighted by atomic mass is 16.6. The molecule has 7 heteroatoms. The van der Waals surface area contributed by atoms with E-state index in [-0.39, 0.29) is 11.4 Å². The molecule has 1 heterocycles. The zero-order chi connectivity index (χ0) is 11.0. The van der Waals surface area contributed by atoms with Gasteiger partial charge in [-0.25, -0.2) is 4.79 Å². The van der Waals surface area contributed by atoms with Crippen molar-refractivity contribution in [1.82, 2.24) is 9.97 Å². The molecule has 1 aromatic heterocycles. The van der Waals surface area contributed by atoms with Crippen LogP contribution in [0.5, 0.6) is 5.75 Å². The molecule has 0 atom stereocenters. The van der Waals surface area contributed by atoms with E-state index in [2.05, 4.69) is 9.97 Å². The number of hydrogen-bond acceptors (Lipinski definition) is 4. The molecule has 2 aromatic rings. The maximum absolute atomic E-state index is 10.9. The zero-order valence-corrected chi connectivity index (χ0v) is 7.73. The van der Waals surface area contributed by atoms with Crippen LogP contribution in [0.3, 0.4) is 0 Å². The standard InChI is InChI=1S/C8H7N3O4/c1-15-7-3-5-4(9-8(12)10-5)2-6(7)11(13)14/h2-3H,1H3,(H2,9,10,12). The number of hydrogen-bond donors (Lipinski definition) is 2. The number of methoxy groups -OCH3 is 1. The second-order valence-corrected chi connectivity index (χ2v) is 2.91. The summed E-state index contributed by atoms with van der Waals surface area (Å²) in [5, 5.41) is 10.7. The summed E-state index contributed by atoms with van der Waals surface area (Å²) < 4.78 is 4.85. The molecule has 0 saturated heterocycles. The number of nitro groups is 1. The molecule has 0 unspecified atom stereocenters. The Bertz CT molecular complexity index is 583. The van der Waals surface area contributed by atoms with E-state index in [1.54, 1.807) is 0 Å². The van der Waals surface area contributed by atoms with Crippen LogP contribution in [-0.4, -0.2) is 22.0 Å². The van der Waals surface area contributed by atoms with Crippen molar-refractivity contribution in [2.75, 3.05) is 7.11 Å². The van der Waals surface area contributed by atoms with Gasteiger partial charge in [-0.15, -0.1) is 0 Å². The molecule has 0 aliphatic carbocycles. The molecule has 7 nitrogen and oxygen atoms in total. The normalized spacial score (nSPS) is 10.5. The van der Waals surface area contributed by atoms with E-state index in [0.717, 1.165) is 0 Å². The van der Waals surface area contributed by atoms with Crippen LogP contribution in [-0.2, 0) is 0 Å². The van der Waals surface area contributed by atoms with Gasteiger partial charge >= 0.3 is 11.4 Å². The number of fused-ring (bicyclic) bond motifs is 1. The highest BCUT2D eigenvalue weighted by Crippen LogP contribution is 2.29. The Morgan fingerprint density at radius 2 is 1.93 bits per heavy atom. The number of nitrogens with one attached hydrogen (secondary N) is 2.